The number of rotatable bonds is 6. The number of benzene rings is 1. The molecule has 0 heterocycles. The molecule has 0 saturated carbocycles. The van der Waals surface area contributed by atoms with Crippen molar-refractivity contribution in [2.24, 2.45) is 0 Å². The van der Waals surface area contributed by atoms with Crippen LogP contribution >= 0.6 is 22.6 Å². The van der Waals surface area contributed by atoms with Gasteiger partial charge in [0.25, 0.3) is 11.6 Å². The van der Waals surface area contributed by atoms with Gasteiger partial charge in [0.1, 0.15) is 0 Å². The van der Waals surface area contributed by atoms with E-state index in [1.54, 1.807) is 0 Å². The lowest BCUT2D eigenvalue weighted by Gasteiger charge is -2.07. The van der Waals surface area contributed by atoms with Crippen LogP contribution in [-0.4, -0.2) is 29.8 Å². The van der Waals surface area contributed by atoms with Crippen molar-refractivity contribution in [2.75, 3.05) is 13.1 Å². The second-order valence-corrected chi connectivity index (χ2v) is 5.12. The van der Waals surface area contributed by atoms with Crippen LogP contribution in [0.4, 0.5) is 5.69 Å². The summed E-state index contributed by atoms with van der Waals surface area (Å²) in [6, 6.07) is 4.01. The molecule has 8 heteroatoms. The minimum Gasteiger partial charge on any atom is -0.355 e. The lowest BCUT2D eigenvalue weighted by atomic mass is 10.2. The average molecular weight is 391 g/mol. The van der Waals surface area contributed by atoms with E-state index >= 15 is 0 Å². The van der Waals surface area contributed by atoms with E-state index in [1.807, 2.05) is 29.5 Å². The Morgan fingerprint density at radius 2 is 2.05 bits per heavy atom. The van der Waals surface area contributed by atoms with Crippen molar-refractivity contribution in [2.45, 2.75) is 13.3 Å². The molecule has 1 rings (SSSR count). The summed E-state index contributed by atoms with van der Waals surface area (Å²) in [4.78, 5) is 33.4. The van der Waals surface area contributed by atoms with Crippen LogP contribution in [-0.2, 0) is 4.79 Å². The lowest BCUT2D eigenvalue weighted by Crippen LogP contribution is -2.37. The average Bonchev–Trinajstić information content (AvgIpc) is 2.42. The number of nitrogens with one attached hydrogen (secondary N) is 2. The van der Waals surface area contributed by atoms with Crippen LogP contribution in [0, 0.1) is 13.7 Å². The van der Waals surface area contributed by atoms with Gasteiger partial charge < -0.3 is 10.6 Å². The molecule has 108 valence electrons. The Bertz CT molecular complexity index is 533. The molecule has 2 amide bonds. The van der Waals surface area contributed by atoms with E-state index in [-0.39, 0.29) is 23.7 Å². The number of amides is 2. The maximum atomic E-state index is 11.9. The van der Waals surface area contributed by atoms with E-state index in [9.17, 15) is 19.7 Å². The minimum atomic E-state index is -0.569. The molecule has 20 heavy (non-hydrogen) atoms. The number of nitro benzene ring substituents is 1. The summed E-state index contributed by atoms with van der Waals surface area (Å²) in [5.41, 5.74) is 0.0223. The Kier molecular flexibility index (Phi) is 6.36. The number of carbonyl (C=O) groups is 2. The Morgan fingerprint density at radius 1 is 1.35 bits per heavy atom. The molecule has 0 spiro atoms. The summed E-state index contributed by atoms with van der Waals surface area (Å²) in [6.45, 7) is 2.31. The van der Waals surface area contributed by atoms with E-state index in [1.165, 1.54) is 18.2 Å². The highest BCUT2D eigenvalue weighted by molar-refractivity contribution is 14.1. The SMILES string of the molecule is CCCNC(=O)CNC(=O)c1cc([N+](=O)[O-])ccc1I. The van der Waals surface area contributed by atoms with Crippen LogP contribution < -0.4 is 10.6 Å². The van der Waals surface area contributed by atoms with Crippen molar-refractivity contribution in [3.63, 3.8) is 0 Å². The molecule has 0 aromatic heterocycles. The van der Waals surface area contributed by atoms with Crippen LogP contribution in [0.25, 0.3) is 0 Å². The number of halogens is 1. The number of carbonyl (C=O) groups excluding carboxylic acids is 2. The lowest BCUT2D eigenvalue weighted by molar-refractivity contribution is -0.384. The van der Waals surface area contributed by atoms with Gasteiger partial charge in [-0.1, -0.05) is 6.92 Å². The maximum absolute atomic E-state index is 11.9. The van der Waals surface area contributed by atoms with E-state index in [0.717, 1.165) is 6.42 Å². The van der Waals surface area contributed by atoms with Crippen molar-refractivity contribution in [3.8, 4) is 0 Å². The molecule has 0 aliphatic carbocycles. The topological polar surface area (TPSA) is 101 Å². The third-order valence-electron chi connectivity index (χ3n) is 2.39. The highest BCUT2D eigenvalue weighted by Crippen LogP contribution is 2.19. The molecule has 1 aromatic rings. The Labute approximate surface area is 129 Å². The first kappa shape index (κ1) is 16.3. The van der Waals surface area contributed by atoms with Crippen molar-refractivity contribution in [1.29, 1.82) is 0 Å². The summed E-state index contributed by atoms with van der Waals surface area (Å²) in [6.07, 6.45) is 0.808. The Balaban J connectivity index is 2.70. The minimum absolute atomic E-state index is 0.155. The summed E-state index contributed by atoms with van der Waals surface area (Å²) in [5.74, 6) is -0.801. The van der Waals surface area contributed by atoms with Crippen molar-refractivity contribution in [3.05, 3.63) is 37.4 Å². The van der Waals surface area contributed by atoms with Crippen LogP contribution in [0.2, 0.25) is 0 Å². The van der Waals surface area contributed by atoms with Gasteiger partial charge in [-0.3, -0.25) is 19.7 Å². The molecule has 0 saturated heterocycles. The van der Waals surface area contributed by atoms with E-state index < -0.39 is 10.8 Å². The fourth-order valence-corrected chi connectivity index (χ4v) is 1.96. The first-order chi connectivity index (χ1) is 9.45. The summed E-state index contributed by atoms with van der Waals surface area (Å²) < 4.78 is 0.583. The maximum Gasteiger partial charge on any atom is 0.270 e. The number of hydrogen-bond donors (Lipinski definition) is 2. The van der Waals surface area contributed by atoms with Gasteiger partial charge in [0.2, 0.25) is 5.91 Å². The molecule has 0 atom stereocenters. The molecular formula is C12H14IN3O4. The van der Waals surface area contributed by atoms with Crippen LogP contribution in [0.3, 0.4) is 0 Å². The van der Waals surface area contributed by atoms with E-state index in [0.29, 0.717) is 10.1 Å². The highest BCUT2D eigenvalue weighted by Gasteiger charge is 2.15. The zero-order valence-electron chi connectivity index (χ0n) is 10.8. The van der Waals surface area contributed by atoms with E-state index in [4.69, 9.17) is 0 Å². The fourth-order valence-electron chi connectivity index (χ4n) is 1.38. The number of hydrogen-bond acceptors (Lipinski definition) is 4. The quantitative estimate of drug-likeness (QED) is 0.436. The Morgan fingerprint density at radius 3 is 2.65 bits per heavy atom. The monoisotopic (exact) mass is 391 g/mol. The van der Waals surface area contributed by atoms with Gasteiger partial charge >= 0.3 is 0 Å². The van der Waals surface area contributed by atoms with Crippen LogP contribution in [0.5, 0.6) is 0 Å². The Hall–Kier alpha value is -1.71. The summed E-state index contributed by atoms with van der Waals surface area (Å²) in [5, 5.41) is 15.7. The second-order valence-electron chi connectivity index (χ2n) is 3.95. The fraction of sp³-hybridized carbons (Fsp3) is 0.333. The second kappa shape index (κ2) is 7.78. The molecule has 0 radical (unpaired) electrons. The smallest absolute Gasteiger partial charge is 0.270 e. The predicted molar refractivity (Wildman–Crippen MR) is 81.4 cm³/mol. The molecule has 0 bridgehead atoms. The first-order valence-electron chi connectivity index (χ1n) is 5.94. The highest BCUT2D eigenvalue weighted by atomic mass is 127. The molecule has 0 unspecified atom stereocenters. The van der Waals surface area contributed by atoms with Crippen molar-refractivity contribution in [1.82, 2.24) is 10.6 Å². The molecule has 7 nitrogen and oxygen atoms in total. The standard InChI is InChI=1S/C12H14IN3O4/c1-2-5-14-11(17)7-15-12(18)9-6-8(16(19)20)3-4-10(9)13/h3-4,6H,2,5,7H2,1H3,(H,14,17)(H,15,18). The van der Waals surface area contributed by atoms with Crippen molar-refractivity contribution >= 4 is 40.1 Å². The van der Waals surface area contributed by atoms with Gasteiger partial charge in [-0.25, -0.2) is 0 Å². The van der Waals surface area contributed by atoms with E-state index in [2.05, 4.69) is 10.6 Å². The summed E-state index contributed by atoms with van der Waals surface area (Å²) >= 11 is 1.91. The van der Waals surface area contributed by atoms with Gasteiger partial charge in [-0.15, -0.1) is 0 Å². The summed E-state index contributed by atoms with van der Waals surface area (Å²) in [7, 11) is 0. The number of nitro groups is 1. The van der Waals surface area contributed by atoms with Crippen LogP contribution in [0.15, 0.2) is 18.2 Å². The largest absolute Gasteiger partial charge is 0.355 e. The molecule has 0 aliphatic rings. The molecular weight excluding hydrogens is 377 g/mol. The van der Waals surface area contributed by atoms with Gasteiger partial charge in [0.15, 0.2) is 0 Å². The number of nitrogens with zero attached hydrogens (tertiary/aromatic N) is 1. The zero-order valence-corrected chi connectivity index (χ0v) is 13.0. The predicted octanol–water partition coefficient (Wildman–Crippen LogP) is 1.46. The van der Waals surface area contributed by atoms with Gasteiger partial charge in [-0.05, 0) is 35.1 Å². The van der Waals surface area contributed by atoms with Gasteiger partial charge in [-0.2, -0.15) is 0 Å². The third kappa shape index (κ3) is 4.76. The van der Waals surface area contributed by atoms with Crippen molar-refractivity contribution < 1.29 is 14.5 Å². The molecule has 1 aromatic carbocycles. The van der Waals surface area contributed by atoms with Crippen LogP contribution in [0.1, 0.15) is 23.7 Å². The zero-order chi connectivity index (χ0) is 15.1. The number of non-ortho nitro benzene ring substituents is 1. The van der Waals surface area contributed by atoms with Gasteiger partial charge in [0, 0.05) is 22.2 Å². The first-order valence-corrected chi connectivity index (χ1v) is 7.02. The molecule has 0 aliphatic heterocycles. The molecule has 2 N–H and O–H groups in total. The normalized spacial score (nSPS) is 9.90. The molecule has 0 fully saturated rings. The van der Waals surface area contributed by atoms with Gasteiger partial charge in [0.05, 0.1) is 17.0 Å². The third-order valence-corrected chi connectivity index (χ3v) is 3.33.